The first-order valence-corrected chi connectivity index (χ1v) is 9.92. The highest BCUT2D eigenvalue weighted by Gasteiger charge is 2.34. The molecule has 2 N–H and O–H groups in total. The number of rotatable bonds is 4. The number of carboxylic acids is 1. The van der Waals surface area contributed by atoms with Crippen LogP contribution in [0.15, 0.2) is 47.5 Å². The van der Waals surface area contributed by atoms with Crippen LogP contribution in [0.5, 0.6) is 0 Å². The molecule has 2 aromatic carbocycles. The zero-order valence-electron chi connectivity index (χ0n) is 15.7. The number of amidine groups is 1. The van der Waals surface area contributed by atoms with E-state index in [9.17, 15) is 14.4 Å². The number of nitrogens with one attached hydrogen (secondary N) is 1. The molecule has 1 saturated heterocycles. The smallest absolute Gasteiger partial charge is 0.335 e. The molecule has 150 valence electrons. The standard InChI is InChI=1S/C20H18ClN3O4S/c1-11-6-7-14(9-15(11)21)23-20-24(2)17(25)10-16(29-20)18(26)22-13-5-3-4-12(8-13)19(27)28/h3-9,16H,10H2,1-2H3,(H,22,26)(H,27,28). The van der Waals surface area contributed by atoms with Crippen LogP contribution >= 0.6 is 23.4 Å². The summed E-state index contributed by atoms with van der Waals surface area (Å²) < 4.78 is 0. The Bertz CT molecular complexity index is 1020. The van der Waals surface area contributed by atoms with Gasteiger partial charge >= 0.3 is 5.97 Å². The fraction of sp³-hybridized carbons (Fsp3) is 0.200. The van der Waals surface area contributed by atoms with E-state index in [4.69, 9.17) is 16.7 Å². The van der Waals surface area contributed by atoms with Crippen molar-refractivity contribution in [2.75, 3.05) is 12.4 Å². The molecule has 7 nitrogen and oxygen atoms in total. The number of carbonyl (C=O) groups is 3. The van der Waals surface area contributed by atoms with Crippen molar-refractivity contribution in [1.82, 2.24) is 4.90 Å². The molecule has 0 spiro atoms. The molecule has 1 aliphatic rings. The van der Waals surface area contributed by atoms with Crippen LogP contribution in [0.4, 0.5) is 11.4 Å². The van der Waals surface area contributed by atoms with Crippen LogP contribution in [0.1, 0.15) is 22.3 Å². The molecule has 1 fully saturated rings. The van der Waals surface area contributed by atoms with Crippen molar-refractivity contribution in [3.8, 4) is 0 Å². The Labute approximate surface area is 176 Å². The third kappa shape index (κ3) is 4.96. The lowest BCUT2D eigenvalue weighted by Crippen LogP contribution is -2.43. The van der Waals surface area contributed by atoms with Gasteiger partial charge in [-0.1, -0.05) is 35.5 Å². The summed E-state index contributed by atoms with van der Waals surface area (Å²) in [6.07, 6.45) is 0.0132. The molecule has 1 unspecified atom stereocenters. The molecular formula is C20H18ClN3O4S. The lowest BCUT2D eigenvalue weighted by molar-refractivity contribution is -0.128. The molecular weight excluding hydrogens is 414 g/mol. The third-order valence-corrected chi connectivity index (χ3v) is 5.97. The van der Waals surface area contributed by atoms with Crippen LogP contribution < -0.4 is 5.32 Å². The zero-order valence-corrected chi connectivity index (χ0v) is 17.3. The van der Waals surface area contributed by atoms with Crippen LogP contribution in [-0.2, 0) is 9.59 Å². The van der Waals surface area contributed by atoms with Crippen molar-refractivity contribution in [2.45, 2.75) is 18.6 Å². The van der Waals surface area contributed by atoms with E-state index in [1.54, 1.807) is 31.3 Å². The van der Waals surface area contributed by atoms with E-state index >= 15 is 0 Å². The Kier molecular flexibility index (Phi) is 6.24. The molecule has 1 heterocycles. The first-order valence-electron chi connectivity index (χ1n) is 8.67. The second-order valence-electron chi connectivity index (χ2n) is 6.47. The van der Waals surface area contributed by atoms with Crippen LogP contribution in [-0.4, -0.2) is 45.3 Å². The van der Waals surface area contributed by atoms with Gasteiger partial charge in [0.15, 0.2) is 5.17 Å². The summed E-state index contributed by atoms with van der Waals surface area (Å²) in [7, 11) is 1.61. The van der Waals surface area contributed by atoms with Crippen molar-refractivity contribution in [1.29, 1.82) is 0 Å². The van der Waals surface area contributed by atoms with Gasteiger partial charge in [-0.25, -0.2) is 9.79 Å². The fourth-order valence-corrected chi connectivity index (χ4v) is 3.85. The van der Waals surface area contributed by atoms with E-state index in [0.717, 1.165) is 5.56 Å². The molecule has 1 aliphatic heterocycles. The van der Waals surface area contributed by atoms with E-state index in [1.807, 2.05) is 13.0 Å². The summed E-state index contributed by atoms with van der Waals surface area (Å²) in [6, 6.07) is 11.2. The number of benzene rings is 2. The van der Waals surface area contributed by atoms with Gasteiger partial charge in [0.1, 0.15) is 5.25 Å². The number of aromatic carboxylic acids is 1. The molecule has 2 aromatic rings. The van der Waals surface area contributed by atoms with Crippen molar-refractivity contribution < 1.29 is 19.5 Å². The van der Waals surface area contributed by atoms with Crippen molar-refractivity contribution in [3.63, 3.8) is 0 Å². The number of hydrogen-bond donors (Lipinski definition) is 2. The topological polar surface area (TPSA) is 99.1 Å². The summed E-state index contributed by atoms with van der Waals surface area (Å²) in [5.74, 6) is -1.72. The van der Waals surface area contributed by atoms with Crippen molar-refractivity contribution >= 4 is 57.7 Å². The average molecular weight is 432 g/mol. The summed E-state index contributed by atoms with van der Waals surface area (Å²) in [5.41, 5.74) is 1.91. The average Bonchev–Trinajstić information content (AvgIpc) is 2.68. The van der Waals surface area contributed by atoms with Gasteiger partial charge < -0.3 is 10.4 Å². The predicted octanol–water partition coefficient (Wildman–Crippen LogP) is 3.94. The minimum Gasteiger partial charge on any atom is -0.478 e. The van der Waals surface area contributed by atoms with Gasteiger partial charge in [0.2, 0.25) is 11.8 Å². The van der Waals surface area contributed by atoms with Gasteiger partial charge in [0.25, 0.3) is 0 Å². The van der Waals surface area contributed by atoms with E-state index in [-0.39, 0.29) is 17.9 Å². The molecule has 9 heteroatoms. The van der Waals surface area contributed by atoms with Gasteiger partial charge in [-0.05, 0) is 42.8 Å². The Hall–Kier alpha value is -2.84. The number of aryl methyl sites for hydroxylation is 1. The minimum absolute atomic E-state index is 0.0132. The summed E-state index contributed by atoms with van der Waals surface area (Å²) in [4.78, 5) is 42.0. The number of aliphatic imine (C=N–C) groups is 1. The molecule has 0 bridgehead atoms. The lowest BCUT2D eigenvalue weighted by atomic mass is 10.2. The van der Waals surface area contributed by atoms with Crippen LogP contribution in [0.25, 0.3) is 0 Å². The van der Waals surface area contributed by atoms with Gasteiger partial charge in [0, 0.05) is 24.2 Å². The Morgan fingerprint density at radius 3 is 2.72 bits per heavy atom. The summed E-state index contributed by atoms with van der Waals surface area (Å²) >= 11 is 7.31. The van der Waals surface area contributed by atoms with Gasteiger partial charge in [-0.3, -0.25) is 14.5 Å². The van der Waals surface area contributed by atoms with Gasteiger partial charge in [0.05, 0.1) is 11.3 Å². The normalized spacial score (nSPS) is 18.0. The minimum atomic E-state index is -1.09. The molecule has 1 atom stereocenters. The number of hydrogen-bond acceptors (Lipinski definition) is 5. The van der Waals surface area contributed by atoms with Crippen LogP contribution in [0.2, 0.25) is 5.02 Å². The number of carboxylic acid groups (broad SMARTS) is 1. The predicted molar refractivity (Wildman–Crippen MR) is 114 cm³/mol. The summed E-state index contributed by atoms with van der Waals surface area (Å²) in [6.45, 7) is 1.88. The van der Waals surface area contributed by atoms with Crippen LogP contribution in [0.3, 0.4) is 0 Å². The van der Waals surface area contributed by atoms with E-state index in [0.29, 0.717) is 21.6 Å². The Balaban J connectivity index is 1.79. The maximum atomic E-state index is 12.7. The van der Waals surface area contributed by atoms with Gasteiger partial charge in [-0.15, -0.1) is 0 Å². The van der Waals surface area contributed by atoms with Gasteiger partial charge in [-0.2, -0.15) is 0 Å². The number of nitrogens with zero attached hydrogens (tertiary/aromatic N) is 2. The van der Waals surface area contributed by atoms with Crippen LogP contribution in [0, 0.1) is 6.92 Å². The SMILES string of the molecule is Cc1ccc(N=C2SC(C(=O)Nc3cccc(C(=O)O)c3)CC(=O)N2C)cc1Cl. The Morgan fingerprint density at radius 2 is 2.03 bits per heavy atom. The first kappa shape index (κ1) is 20.9. The Morgan fingerprint density at radius 1 is 1.28 bits per heavy atom. The third-order valence-electron chi connectivity index (χ3n) is 4.32. The zero-order chi connectivity index (χ0) is 21.1. The molecule has 29 heavy (non-hydrogen) atoms. The molecule has 2 amide bonds. The van der Waals surface area contributed by atoms with Crippen molar-refractivity contribution in [2.24, 2.45) is 4.99 Å². The number of amides is 2. The second-order valence-corrected chi connectivity index (χ2v) is 8.04. The maximum absolute atomic E-state index is 12.7. The number of thioether (sulfide) groups is 1. The molecule has 0 radical (unpaired) electrons. The maximum Gasteiger partial charge on any atom is 0.335 e. The largest absolute Gasteiger partial charge is 0.478 e. The number of carbonyl (C=O) groups excluding carboxylic acids is 2. The summed E-state index contributed by atoms with van der Waals surface area (Å²) in [5, 5.41) is 12.0. The van der Waals surface area contributed by atoms with Crippen molar-refractivity contribution in [3.05, 3.63) is 58.6 Å². The van der Waals surface area contributed by atoms with E-state index < -0.39 is 17.1 Å². The molecule has 0 aliphatic carbocycles. The molecule has 0 saturated carbocycles. The van der Waals surface area contributed by atoms with E-state index in [1.165, 1.54) is 28.8 Å². The highest BCUT2D eigenvalue weighted by Crippen LogP contribution is 2.30. The van der Waals surface area contributed by atoms with E-state index in [2.05, 4.69) is 10.3 Å². The number of anilines is 1. The molecule has 3 rings (SSSR count). The second kappa shape index (κ2) is 8.67. The fourth-order valence-electron chi connectivity index (χ4n) is 2.61. The monoisotopic (exact) mass is 431 g/mol. The molecule has 0 aromatic heterocycles. The highest BCUT2D eigenvalue weighted by atomic mass is 35.5. The first-order chi connectivity index (χ1) is 13.7. The lowest BCUT2D eigenvalue weighted by Gasteiger charge is -2.28. The number of halogens is 1. The highest BCUT2D eigenvalue weighted by molar-refractivity contribution is 8.15. The quantitative estimate of drug-likeness (QED) is 0.763.